The Hall–Kier alpha value is -2.19. The first kappa shape index (κ1) is 22.1. The van der Waals surface area contributed by atoms with Crippen LogP contribution in [0, 0.1) is 0 Å². The summed E-state index contributed by atoms with van der Waals surface area (Å²) in [4.78, 5) is 28.2. The third-order valence-electron chi connectivity index (χ3n) is 4.16. The predicted molar refractivity (Wildman–Crippen MR) is 109 cm³/mol. The molecule has 1 aliphatic rings. The van der Waals surface area contributed by atoms with E-state index in [2.05, 4.69) is 5.32 Å². The SMILES string of the molecule is CN(CC(=O)NC(C)(C)C)CC(=O)N(Cc1ccccc1)[C@@H]1C=CS(=O)(=O)C1. The van der Waals surface area contributed by atoms with E-state index in [0.29, 0.717) is 6.54 Å². The van der Waals surface area contributed by atoms with Gasteiger partial charge in [-0.05, 0) is 39.5 Å². The van der Waals surface area contributed by atoms with E-state index in [1.54, 1.807) is 22.9 Å². The molecule has 0 unspecified atom stereocenters. The number of nitrogens with one attached hydrogen (secondary N) is 1. The maximum atomic E-state index is 12.9. The lowest BCUT2D eigenvalue weighted by molar-refractivity contribution is -0.134. The molecule has 154 valence electrons. The van der Waals surface area contributed by atoms with Crippen molar-refractivity contribution >= 4 is 21.7 Å². The summed E-state index contributed by atoms with van der Waals surface area (Å²) in [5.41, 5.74) is 0.575. The number of likely N-dealkylation sites (N-methyl/N-ethyl adjacent to an activating group) is 1. The van der Waals surface area contributed by atoms with Crippen LogP contribution in [0.1, 0.15) is 26.3 Å². The summed E-state index contributed by atoms with van der Waals surface area (Å²) in [6.07, 6.45) is 1.56. The van der Waals surface area contributed by atoms with Crippen molar-refractivity contribution in [3.05, 3.63) is 47.4 Å². The van der Waals surface area contributed by atoms with Crippen molar-refractivity contribution in [1.29, 1.82) is 0 Å². The van der Waals surface area contributed by atoms with Gasteiger partial charge in [0.05, 0.1) is 24.9 Å². The molecule has 0 aliphatic carbocycles. The Morgan fingerprint density at radius 1 is 1.14 bits per heavy atom. The molecule has 28 heavy (non-hydrogen) atoms. The minimum atomic E-state index is -3.29. The fourth-order valence-electron chi connectivity index (χ4n) is 3.00. The van der Waals surface area contributed by atoms with E-state index < -0.39 is 15.9 Å². The summed E-state index contributed by atoms with van der Waals surface area (Å²) in [7, 11) is -1.59. The molecule has 1 aromatic rings. The number of hydrogen-bond donors (Lipinski definition) is 1. The van der Waals surface area contributed by atoms with Gasteiger partial charge in [0.1, 0.15) is 0 Å². The molecule has 0 fully saturated rings. The number of carbonyl (C=O) groups excluding carboxylic acids is 2. The van der Waals surface area contributed by atoms with E-state index in [-0.39, 0.29) is 36.2 Å². The van der Waals surface area contributed by atoms with Gasteiger partial charge < -0.3 is 10.2 Å². The molecule has 0 bridgehead atoms. The summed E-state index contributed by atoms with van der Waals surface area (Å²) < 4.78 is 23.7. The summed E-state index contributed by atoms with van der Waals surface area (Å²) in [6, 6.07) is 8.93. The number of rotatable bonds is 7. The number of amides is 2. The van der Waals surface area contributed by atoms with Crippen molar-refractivity contribution in [2.24, 2.45) is 0 Å². The summed E-state index contributed by atoms with van der Waals surface area (Å²) >= 11 is 0. The van der Waals surface area contributed by atoms with Gasteiger partial charge in [-0.1, -0.05) is 30.3 Å². The van der Waals surface area contributed by atoms with Gasteiger partial charge >= 0.3 is 0 Å². The highest BCUT2D eigenvalue weighted by Gasteiger charge is 2.31. The molecule has 1 N–H and O–H groups in total. The highest BCUT2D eigenvalue weighted by Crippen LogP contribution is 2.18. The van der Waals surface area contributed by atoms with Crippen molar-refractivity contribution in [3.63, 3.8) is 0 Å². The Balaban J connectivity index is 2.06. The number of hydrogen-bond acceptors (Lipinski definition) is 5. The Labute approximate surface area is 167 Å². The number of sulfone groups is 1. The molecule has 0 saturated heterocycles. The van der Waals surface area contributed by atoms with Crippen molar-refractivity contribution in [1.82, 2.24) is 15.1 Å². The first-order valence-corrected chi connectivity index (χ1v) is 10.9. The van der Waals surface area contributed by atoms with Gasteiger partial charge in [0.2, 0.25) is 11.8 Å². The van der Waals surface area contributed by atoms with Gasteiger partial charge in [-0.3, -0.25) is 14.5 Å². The zero-order valence-corrected chi connectivity index (χ0v) is 17.7. The summed E-state index contributed by atoms with van der Waals surface area (Å²) in [5.74, 6) is -0.498. The third kappa shape index (κ3) is 7.09. The van der Waals surface area contributed by atoms with Crippen molar-refractivity contribution in [3.8, 4) is 0 Å². The second-order valence-electron chi connectivity index (χ2n) is 8.20. The molecule has 1 aliphatic heterocycles. The highest BCUT2D eigenvalue weighted by atomic mass is 32.2. The van der Waals surface area contributed by atoms with Gasteiger partial charge in [-0.25, -0.2) is 8.42 Å². The molecule has 2 amide bonds. The quantitative estimate of drug-likeness (QED) is 0.733. The van der Waals surface area contributed by atoms with Gasteiger partial charge in [-0.2, -0.15) is 0 Å². The standard InChI is InChI=1S/C20H29N3O4S/c1-20(2,3)21-18(24)13-22(4)14-19(25)23(12-16-8-6-5-7-9-16)17-10-11-28(26,27)15-17/h5-11,17H,12-15H2,1-4H3,(H,21,24)/t17-/m1/s1. The topological polar surface area (TPSA) is 86.8 Å². The maximum absolute atomic E-state index is 12.9. The zero-order chi connectivity index (χ0) is 20.9. The molecule has 1 heterocycles. The first-order valence-electron chi connectivity index (χ1n) is 9.19. The van der Waals surface area contributed by atoms with E-state index >= 15 is 0 Å². The second kappa shape index (κ2) is 8.87. The minimum Gasteiger partial charge on any atom is -0.350 e. The Morgan fingerprint density at radius 2 is 1.79 bits per heavy atom. The number of benzene rings is 1. The van der Waals surface area contributed by atoms with Crippen LogP contribution in [0.3, 0.4) is 0 Å². The molecule has 0 aromatic heterocycles. The molecule has 7 nitrogen and oxygen atoms in total. The van der Waals surface area contributed by atoms with Crippen molar-refractivity contribution in [2.75, 3.05) is 25.9 Å². The molecule has 0 radical (unpaired) electrons. The van der Waals surface area contributed by atoms with Crippen LogP contribution in [0.25, 0.3) is 0 Å². The molecule has 8 heteroatoms. The average molecular weight is 408 g/mol. The molecule has 2 rings (SSSR count). The fourth-order valence-corrected chi connectivity index (χ4v) is 4.30. The molecular formula is C20H29N3O4S. The molecule has 0 saturated carbocycles. The van der Waals surface area contributed by atoms with Crippen LogP contribution in [0.15, 0.2) is 41.8 Å². The van der Waals surface area contributed by atoms with Crippen LogP contribution < -0.4 is 5.32 Å². The van der Waals surface area contributed by atoms with Gasteiger partial charge in [0, 0.05) is 17.5 Å². The lowest BCUT2D eigenvalue weighted by Gasteiger charge is -2.30. The highest BCUT2D eigenvalue weighted by molar-refractivity contribution is 7.94. The van der Waals surface area contributed by atoms with E-state index in [9.17, 15) is 18.0 Å². The number of nitrogens with zero attached hydrogens (tertiary/aromatic N) is 2. The van der Waals surface area contributed by atoms with E-state index in [0.717, 1.165) is 5.56 Å². The Bertz CT molecular complexity index is 829. The lowest BCUT2D eigenvalue weighted by Crippen LogP contribution is -2.48. The second-order valence-corrected chi connectivity index (χ2v) is 10.1. The smallest absolute Gasteiger partial charge is 0.237 e. The average Bonchev–Trinajstić information content (AvgIpc) is 2.91. The summed E-state index contributed by atoms with van der Waals surface area (Å²) in [6.45, 7) is 6.10. The van der Waals surface area contributed by atoms with Crippen LogP contribution in [0.5, 0.6) is 0 Å². The molecular weight excluding hydrogens is 378 g/mol. The minimum absolute atomic E-state index is 0.0226. The molecule has 1 atom stereocenters. The fraction of sp³-hybridized carbons (Fsp3) is 0.500. The monoisotopic (exact) mass is 407 g/mol. The van der Waals surface area contributed by atoms with E-state index in [1.807, 2.05) is 51.1 Å². The normalized spacial score (nSPS) is 18.2. The Morgan fingerprint density at radius 3 is 2.32 bits per heavy atom. The van der Waals surface area contributed by atoms with Gasteiger partial charge in [0.25, 0.3) is 0 Å². The van der Waals surface area contributed by atoms with Crippen molar-refractivity contribution < 1.29 is 18.0 Å². The first-order chi connectivity index (χ1) is 13.0. The number of carbonyl (C=O) groups is 2. The van der Waals surface area contributed by atoms with E-state index in [1.165, 1.54) is 5.41 Å². The van der Waals surface area contributed by atoms with Crippen LogP contribution >= 0.6 is 0 Å². The lowest BCUT2D eigenvalue weighted by atomic mass is 10.1. The van der Waals surface area contributed by atoms with Gasteiger partial charge in [-0.15, -0.1) is 0 Å². The maximum Gasteiger partial charge on any atom is 0.237 e. The molecule has 0 spiro atoms. The van der Waals surface area contributed by atoms with Crippen molar-refractivity contribution in [2.45, 2.75) is 38.9 Å². The van der Waals surface area contributed by atoms with Gasteiger partial charge in [0.15, 0.2) is 9.84 Å². The largest absolute Gasteiger partial charge is 0.350 e. The van der Waals surface area contributed by atoms with Crippen LogP contribution in [-0.2, 0) is 26.0 Å². The summed E-state index contributed by atoms with van der Waals surface area (Å²) in [5, 5.41) is 4.03. The van der Waals surface area contributed by atoms with Crippen LogP contribution in [-0.4, -0.2) is 67.5 Å². The zero-order valence-electron chi connectivity index (χ0n) is 16.9. The predicted octanol–water partition coefficient (Wildman–Crippen LogP) is 1.17. The third-order valence-corrected chi connectivity index (χ3v) is 5.54. The molecule has 1 aromatic carbocycles. The van der Waals surface area contributed by atoms with Crippen LogP contribution in [0.2, 0.25) is 0 Å². The Kier molecular flexibility index (Phi) is 7.01. The van der Waals surface area contributed by atoms with Crippen LogP contribution in [0.4, 0.5) is 0 Å². The van der Waals surface area contributed by atoms with E-state index in [4.69, 9.17) is 0 Å².